The van der Waals surface area contributed by atoms with E-state index in [4.69, 9.17) is 33.0 Å². The van der Waals surface area contributed by atoms with Gasteiger partial charge in [-0.15, -0.1) is 0 Å². The first-order chi connectivity index (χ1) is 14.3. The van der Waals surface area contributed by atoms with Crippen molar-refractivity contribution >= 4 is 35.1 Å². The molecule has 1 unspecified atom stereocenters. The topological polar surface area (TPSA) is 88.5 Å². The zero-order chi connectivity index (χ0) is 21.7. The van der Waals surface area contributed by atoms with Gasteiger partial charge in [0.1, 0.15) is 12.4 Å². The van der Waals surface area contributed by atoms with Crippen LogP contribution in [0.15, 0.2) is 60.8 Å². The quantitative estimate of drug-likeness (QED) is 0.525. The number of pyridine rings is 1. The first-order valence-corrected chi connectivity index (χ1v) is 9.76. The van der Waals surface area contributed by atoms with E-state index in [1.54, 1.807) is 43.3 Å². The molecule has 0 saturated heterocycles. The van der Waals surface area contributed by atoms with Crippen molar-refractivity contribution in [3.05, 3.63) is 93.2 Å². The molecule has 8 heteroatoms. The first-order valence-electron chi connectivity index (χ1n) is 9.00. The summed E-state index contributed by atoms with van der Waals surface area (Å²) >= 11 is 12.0. The van der Waals surface area contributed by atoms with Crippen molar-refractivity contribution in [1.29, 1.82) is 0 Å². The minimum Gasteiger partial charge on any atom is -0.487 e. The number of carbonyl (C=O) groups excluding carboxylic acids is 1. The predicted octanol–water partition coefficient (Wildman–Crippen LogP) is 5.16. The molecule has 0 saturated carbocycles. The van der Waals surface area contributed by atoms with Crippen molar-refractivity contribution in [2.75, 3.05) is 0 Å². The molecule has 154 valence electrons. The van der Waals surface area contributed by atoms with Crippen LogP contribution in [0.1, 0.15) is 44.9 Å². The number of nitrogens with zero attached hydrogens (tertiary/aromatic N) is 1. The van der Waals surface area contributed by atoms with Crippen LogP contribution < -0.4 is 10.1 Å². The lowest BCUT2D eigenvalue weighted by Crippen LogP contribution is -2.28. The van der Waals surface area contributed by atoms with E-state index in [-0.39, 0.29) is 24.1 Å². The monoisotopic (exact) mass is 444 g/mol. The van der Waals surface area contributed by atoms with Gasteiger partial charge in [0.2, 0.25) is 0 Å². The summed E-state index contributed by atoms with van der Waals surface area (Å²) in [6.45, 7) is 1.86. The SMILES string of the molecule is CC(NC(=O)c1cc(Cl)cnc1COc1cccc(Cl)c1)c1ccc(C(=O)O)cc1. The van der Waals surface area contributed by atoms with Crippen molar-refractivity contribution < 1.29 is 19.4 Å². The number of halogens is 2. The molecule has 2 aromatic carbocycles. The lowest BCUT2D eigenvalue weighted by molar-refractivity contribution is 0.0696. The lowest BCUT2D eigenvalue weighted by Gasteiger charge is -2.16. The number of rotatable bonds is 7. The van der Waals surface area contributed by atoms with E-state index in [1.807, 2.05) is 0 Å². The number of carbonyl (C=O) groups is 2. The van der Waals surface area contributed by atoms with Gasteiger partial charge in [0, 0.05) is 11.2 Å². The second-order valence-corrected chi connectivity index (χ2v) is 7.39. The van der Waals surface area contributed by atoms with E-state index in [0.29, 0.717) is 27.1 Å². The molecule has 0 aliphatic heterocycles. The second kappa shape index (κ2) is 9.61. The van der Waals surface area contributed by atoms with Gasteiger partial charge in [-0.1, -0.05) is 41.4 Å². The van der Waals surface area contributed by atoms with Gasteiger partial charge >= 0.3 is 5.97 Å². The number of hydrogen-bond donors (Lipinski definition) is 2. The Morgan fingerprint density at radius 2 is 1.83 bits per heavy atom. The van der Waals surface area contributed by atoms with Crippen molar-refractivity contribution in [3.8, 4) is 5.75 Å². The van der Waals surface area contributed by atoms with Gasteiger partial charge in [-0.3, -0.25) is 9.78 Å². The van der Waals surface area contributed by atoms with Gasteiger partial charge in [0.15, 0.2) is 0 Å². The van der Waals surface area contributed by atoms with Gasteiger partial charge in [-0.2, -0.15) is 0 Å². The average molecular weight is 445 g/mol. The highest BCUT2D eigenvalue weighted by Gasteiger charge is 2.17. The van der Waals surface area contributed by atoms with Crippen LogP contribution >= 0.6 is 23.2 Å². The molecule has 0 spiro atoms. The molecule has 0 aliphatic carbocycles. The molecule has 1 amide bonds. The van der Waals surface area contributed by atoms with E-state index in [2.05, 4.69) is 10.3 Å². The maximum atomic E-state index is 12.9. The number of benzene rings is 2. The Balaban J connectivity index is 1.74. The molecule has 3 rings (SSSR count). The Morgan fingerprint density at radius 3 is 2.50 bits per heavy atom. The van der Waals surface area contributed by atoms with Gasteiger partial charge in [-0.05, 0) is 48.9 Å². The van der Waals surface area contributed by atoms with Crippen LogP contribution in [-0.2, 0) is 6.61 Å². The third-order valence-corrected chi connectivity index (χ3v) is 4.80. The number of amides is 1. The largest absolute Gasteiger partial charge is 0.487 e. The van der Waals surface area contributed by atoms with E-state index in [9.17, 15) is 9.59 Å². The Morgan fingerprint density at radius 1 is 1.10 bits per heavy atom. The summed E-state index contributed by atoms with van der Waals surface area (Å²) < 4.78 is 5.70. The van der Waals surface area contributed by atoms with Gasteiger partial charge in [0.05, 0.1) is 27.9 Å². The summed E-state index contributed by atoms with van der Waals surface area (Å²) in [5.41, 5.74) is 1.65. The van der Waals surface area contributed by atoms with Crippen LogP contribution in [0.5, 0.6) is 5.75 Å². The third-order valence-electron chi connectivity index (χ3n) is 4.36. The number of ether oxygens (including phenoxy) is 1. The second-order valence-electron chi connectivity index (χ2n) is 6.52. The van der Waals surface area contributed by atoms with Crippen LogP contribution in [-0.4, -0.2) is 22.0 Å². The Labute approximate surface area is 183 Å². The van der Waals surface area contributed by atoms with Crippen LogP contribution in [0.4, 0.5) is 0 Å². The first kappa shape index (κ1) is 21.6. The Kier molecular flexibility index (Phi) is 6.92. The van der Waals surface area contributed by atoms with Gasteiger partial charge in [0.25, 0.3) is 5.91 Å². The zero-order valence-electron chi connectivity index (χ0n) is 15.9. The fourth-order valence-corrected chi connectivity index (χ4v) is 3.10. The van der Waals surface area contributed by atoms with Crippen LogP contribution in [0.3, 0.4) is 0 Å². The molecule has 3 aromatic rings. The van der Waals surface area contributed by atoms with Gasteiger partial charge < -0.3 is 15.2 Å². The van der Waals surface area contributed by atoms with Crippen LogP contribution in [0, 0.1) is 0 Å². The molecule has 0 radical (unpaired) electrons. The number of nitrogens with one attached hydrogen (secondary N) is 1. The molecule has 0 fully saturated rings. The standard InChI is InChI=1S/C22H18Cl2N2O4/c1-13(14-5-7-15(8-6-14)22(28)29)26-21(27)19-10-17(24)11-25-20(19)12-30-18-4-2-3-16(23)9-18/h2-11,13H,12H2,1H3,(H,26,27)(H,28,29). The maximum absolute atomic E-state index is 12.9. The lowest BCUT2D eigenvalue weighted by atomic mass is 10.1. The third kappa shape index (κ3) is 5.49. The highest BCUT2D eigenvalue weighted by Crippen LogP contribution is 2.21. The maximum Gasteiger partial charge on any atom is 0.335 e. The molecule has 6 nitrogen and oxygen atoms in total. The summed E-state index contributed by atoms with van der Waals surface area (Å²) in [5, 5.41) is 12.7. The van der Waals surface area contributed by atoms with Gasteiger partial charge in [-0.25, -0.2) is 4.79 Å². The normalized spacial score (nSPS) is 11.6. The summed E-state index contributed by atoms with van der Waals surface area (Å²) in [6, 6.07) is 14.4. The van der Waals surface area contributed by atoms with E-state index >= 15 is 0 Å². The molecule has 0 aliphatic rings. The molecule has 1 aromatic heterocycles. The zero-order valence-corrected chi connectivity index (χ0v) is 17.4. The number of hydrogen-bond acceptors (Lipinski definition) is 4. The highest BCUT2D eigenvalue weighted by atomic mass is 35.5. The number of aromatic nitrogens is 1. The van der Waals surface area contributed by atoms with Crippen molar-refractivity contribution in [1.82, 2.24) is 10.3 Å². The molecule has 1 atom stereocenters. The summed E-state index contributed by atoms with van der Waals surface area (Å²) in [4.78, 5) is 28.1. The number of aromatic carboxylic acids is 1. The van der Waals surface area contributed by atoms with E-state index < -0.39 is 5.97 Å². The fourth-order valence-electron chi connectivity index (χ4n) is 2.76. The Bertz CT molecular complexity index is 1070. The highest BCUT2D eigenvalue weighted by molar-refractivity contribution is 6.31. The minimum absolute atomic E-state index is 0.0575. The molecule has 0 bridgehead atoms. The van der Waals surface area contributed by atoms with E-state index in [0.717, 1.165) is 5.56 Å². The fraction of sp³-hybridized carbons (Fsp3) is 0.136. The smallest absolute Gasteiger partial charge is 0.335 e. The van der Waals surface area contributed by atoms with Crippen molar-refractivity contribution in [3.63, 3.8) is 0 Å². The average Bonchev–Trinajstić information content (AvgIpc) is 2.72. The summed E-state index contributed by atoms with van der Waals surface area (Å²) in [5.74, 6) is -0.824. The van der Waals surface area contributed by atoms with Crippen LogP contribution in [0.2, 0.25) is 10.0 Å². The predicted molar refractivity (Wildman–Crippen MR) is 114 cm³/mol. The van der Waals surface area contributed by atoms with E-state index in [1.165, 1.54) is 24.4 Å². The molecule has 2 N–H and O–H groups in total. The molecular weight excluding hydrogens is 427 g/mol. The van der Waals surface area contributed by atoms with Crippen LogP contribution in [0.25, 0.3) is 0 Å². The number of carboxylic acid groups (broad SMARTS) is 1. The summed E-state index contributed by atoms with van der Waals surface area (Å²) in [6.07, 6.45) is 1.45. The number of carboxylic acids is 1. The molecular formula is C22H18Cl2N2O4. The molecule has 30 heavy (non-hydrogen) atoms. The van der Waals surface area contributed by atoms with Crippen molar-refractivity contribution in [2.24, 2.45) is 0 Å². The van der Waals surface area contributed by atoms with Crippen molar-refractivity contribution in [2.45, 2.75) is 19.6 Å². The molecule has 1 heterocycles. The Hall–Kier alpha value is -3.09. The summed E-state index contributed by atoms with van der Waals surface area (Å²) in [7, 11) is 0. The minimum atomic E-state index is -1.01.